The van der Waals surface area contributed by atoms with Gasteiger partial charge in [-0.1, -0.05) is 0 Å². The standard InChI is InChI=1S/C18H23NO5S/c1-3-22-15-5-7-17(8-6-15)24-14-13-19-25(20,21)18-11-9-16(10-12-18)23-4-2/h5-12,19H,3-4,13-14H2,1-2H3. The van der Waals surface area contributed by atoms with Crippen LogP contribution in [-0.4, -0.2) is 34.8 Å². The van der Waals surface area contributed by atoms with Gasteiger partial charge >= 0.3 is 0 Å². The maximum Gasteiger partial charge on any atom is 0.240 e. The summed E-state index contributed by atoms with van der Waals surface area (Å²) in [6, 6.07) is 13.5. The molecule has 0 heterocycles. The SMILES string of the molecule is CCOc1ccc(OCCNS(=O)(=O)c2ccc(OCC)cc2)cc1. The highest BCUT2D eigenvalue weighted by molar-refractivity contribution is 7.89. The lowest BCUT2D eigenvalue weighted by molar-refractivity contribution is 0.319. The maximum absolute atomic E-state index is 12.2. The molecule has 136 valence electrons. The van der Waals surface area contributed by atoms with Crippen LogP contribution < -0.4 is 18.9 Å². The Labute approximate surface area is 148 Å². The third-order valence-corrected chi connectivity index (χ3v) is 4.72. The van der Waals surface area contributed by atoms with Crippen LogP contribution in [0, 0.1) is 0 Å². The Morgan fingerprint density at radius 3 is 1.68 bits per heavy atom. The van der Waals surface area contributed by atoms with Crippen molar-refractivity contribution in [2.75, 3.05) is 26.4 Å². The molecule has 0 aromatic heterocycles. The molecule has 0 aliphatic rings. The summed E-state index contributed by atoms with van der Waals surface area (Å²) in [4.78, 5) is 0.192. The Morgan fingerprint density at radius 2 is 1.20 bits per heavy atom. The molecule has 2 rings (SSSR count). The van der Waals surface area contributed by atoms with Gasteiger partial charge in [0.2, 0.25) is 10.0 Å². The van der Waals surface area contributed by atoms with E-state index in [0.717, 1.165) is 5.75 Å². The molecule has 0 amide bonds. The minimum atomic E-state index is -3.57. The minimum Gasteiger partial charge on any atom is -0.494 e. The van der Waals surface area contributed by atoms with Crippen molar-refractivity contribution in [2.45, 2.75) is 18.7 Å². The smallest absolute Gasteiger partial charge is 0.240 e. The van der Waals surface area contributed by atoms with E-state index in [9.17, 15) is 8.42 Å². The summed E-state index contributed by atoms with van der Waals surface area (Å²) >= 11 is 0. The second kappa shape index (κ2) is 9.29. The van der Waals surface area contributed by atoms with Crippen LogP contribution in [0.2, 0.25) is 0 Å². The molecule has 2 aromatic rings. The molecule has 0 fully saturated rings. The molecule has 1 N–H and O–H groups in total. The van der Waals surface area contributed by atoms with Gasteiger partial charge in [0, 0.05) is 6.54 Å². The number of nitrogens with one attached hydrogen (secondary N) is 1. The quantitative estimate of drug-likeness (QED) is 0.656. The van der Waals surface area contributed by atoms with Gasteiger partial charge in [-0.2, -0.15) is 0 Å². The molecule has 0 atom stereocenters. The van der Waals surface area contributed by atoms with Crippen molar-refractivity contribution in [1.82, 2.24) is 4.72 Å². The number of hydrogen-bond donors (Lipinski definition) is 1. The number of ether oxygens (including phenoxy) is 3. The van der Waals surface area contributed by atoms with Gasteiger partial charge in [-0.05, 0) is 62.4 Å². The summed E-state index contributed by atoms with van der Waals surface area (Å²) in [7, 11) is -3.57. The zero-order chi connectivity index (χ0) is 18.1. The first-order chi connectivity index (χ1) is 12.0. The summed E-state index contributed by atoms with van der Waals surface area (Å²) in [6.45, 7) is 5.32. The second-order valence-corrected chi connectivity index (χ2v) is 6.82. The predicted octanol–water partition coefficient (Wildman–Crippen LogP) is 2.84. The van der Waals surface area contributed by atoms with Crippen LogP contribution in [0.3, 0.4) is 0 Å². The van der Waals surface area contributed by atoms with Gasteiger partial charge in [0.15, 0.2) is 0 Å². The molecule has 0 aliphatic carbocycles. The normalized spacial score (nSPS) is 11.1. The van der Waals surface area contributed by atoms with Gasteiger partial charge in [0.1, 0.15) is 23.9 Å². The van der Waals surface area contributed by atoms with Crippen LogP contribution in [0.4, 0.5) is 0 Å². The lowest BCUT2D eigenvalue weighted by atomic mass is 10.3. The number of benzene rings is 2. The third kappa shape index (κ3) is 5.95. The zero-order valence-electron chi connectivity index (χ0n) is 14.4. The minimum absolute atomic E-state index is 0.169. The van der Waals surface area contributed by atoms with Crippen molar-refractivity contribution in [3.8, 4) is 17.2 Å². The van der Waals surface area contributed by atoms with Gasteiger partial charge in [0.25, 0.3) is 0 Å². The van der Waals surface area contributed by atoms with Crippen molar-refractivity contribution in [2.24, 2.45) is 0 Å². The van der Waals surface area contributed by atoms with Crippen molar-refractivity contribution in [1.29, 1.82) is 0 Å². The molecule has 0 aliphatic heterocycles. The summed E-state index contributed by atoms with van der Waals surface area (Å²) < 4.78 is 43.1. The second-order valence-electron chi connectivity index (χ2n) is 5.06. The highest BCUT2D eigenvalue weighted by Gasteiger charge is 2.13. The lowest BCUT2D eigenvalue weighted by Crippen LogP contribution is -2.28. The van der Waals surface area contributed by atoms with Crippen LogP contribution in [0.1, 0.15) is 13.8 Å². The Hall–Kier alpha value is -2.25. The lowest BCUT2D eigenvalue weighted by Gasteiger charge is -2.10. The molecule has 0 bridgehead atoms. The summed E-state index contributed by atoms with van der Waals surface area (Å²) in [5.74, 6) is 2.06. The molecule has 0 saturated carbocycles. The molecule has 0 spiro atoms. The molecule has 6 nitrogen and oxygen atoms in total. The highest BCUT2D eigenvalue weighted by atomic mass is 32.2. The maximum atomic E-state index is 12.2. The van der Waals surface area contributed by atoms with E-state index in [1.54, 1.807) is 24.3 Å². The fourth-order valence-electron chi connectivity index (χ4n) is 2.11. The van der Waals surface area contributed by atoms with Crippen LogP contribution >= 0.6 is 0 Å². The molecule has 2 aromatic carbocycles. The topological polar surface area (TPSA) is 73.9 Å². The molecular weight excluding hydrogens is 342 g/mol. The first-order valence-corrected chi connectivity index (χ1v) is 9.61. The molecule has 7 heteroatoms. The summed E-state index contributed by atoms with van der Waals surface area (Å²) in [6.07, 6.45) is 0. The fraction of sp³-hybridized carbons (Fsp3) is 0.333. The summed E-state index contributed by atoms with van der Waals surface area (Å²) in [5, 5.41) is 0. The van der Waals surface area contributed by atoms with Crippen molar-refractivity contribution < 1.29 is 22.6 Å². The highest BCUT2D eigenvalue weighted by Crippen LogP contribution is 2.18. The average molecular weight is 365 g/mol. The van der Waals surface area contributed by atoms with Crippen LogP contribution in [0.15, 0.2) is 53.4 Å². The first kappa shape index (κ1) is 19.1. The van der Waals surface area contributed by atoms with E-state index in [1.165, 1.54) is 12.1 Å². The van der Waals surface area contributed by atoms with E-state index in [0.29, 0.717) is 24.7 Å². The fourth-order valence-corrected chi connectivity index (χ4v) is 3.12. The Bertz CT molecular complexity index is 742. The van der Waals surface area contributed by atoms with Crippen molar-refractivity contribution >= 4 is 10.0 Å². The molecule has 25 heavy (non-hydrogen) atoms. The van der Waals surface area contributed by atoms with E-state index >= 15 is 0 Å². The van der Waals surface area contributed by atoms with Gasteiger partial charge < -0.3 is 14.2 Å². The number of rotatable bonds is 10. The van der Waals surface area contributed by atoms with Gasteiger partial charge in [0.05, 0.1) is 18.1 Å². The molecular formula is C18H23NO5S. The van der Waals surface area contributed by atoms with Crippen molar-refractivity contribution in [3.63, 3.8) is 0 Å². The van der Waals surface area contributed by atoms with Gasteiger partial charge in [-0.15, -0.1) is 0 Å². The van der Waals surface area contributed by atoms with E-state index in [2.05, 4.69) is 4.72 Å². The van der Waals surface area contributed by atoms with E-state index < -0.39 is 10.0 Å². The molecule has 0 saturated heterocycles. The zero-order valence-corrected chi connectivity index (χ0v) is 15.2. The van der Waals surface area contributed by atoms with E-state index in [1.807, 2.05) is 26.0 Å². The van der Waals surface area contributed by atoms with Crippen LogP contribution in [0.5, 0.6) is 17.2 Å². The number of hydrogen-bond acceptors (Lipinski definition) is 5. The first-order valence-electron chi connectivity index (χ1n) is 8.13. The van der Waals surface area contributed by atoms with E-state index in [-0.39, 0.29) is 18.0 Å². The van der Waals surface area contributed by atoms with Gasteiger partial charge in [-0.25, -0.2) is 13.1 Å². The number of sulfonamides is 1. The Balaban J connectivity index is 1.81. The Kier molecular flexibility index (Phi) is 7.09. The molecule has 0 radical (unpaired) electrons. The van der Waals surface area contributed by atoms with Crippen LogP contribution in [-0.2, 0) is 10.0 Å². The monoisotopic (exact) mass is 365 g/mol. The molecule has 0 unspecified atom stereocenters. The predicted molar refractivity (Wildman–Crippen MR) is 95.9 cm³/mol. The van der Waals surface area contributed by atoms with Crippen LogP contribution in [0.25, 0.3) is 0 Å². The van der Waals surface area contributed by atoms with Gasteiger partial charge in [-0.3, -0.25) is 0 Å². The largest absolute Gasteiger partial charge is 0.494 e. The summed E-state index contributed by atoms with van der Waals surface area (Å²) in [5.41, 5.74) is 0. The van der Waals surface area contributed by atoms with E-state index in [4.69, 9.17) is 14.2 Å². The Morgan fingerprint density at radius 1 is 0.760 bits per heavy atom. The third-order valence-electron chi connectivity index (χ3n) is 3.24. The van der Waals surface area contributed by atoms with Crippen molar-refractivity contribution in [3.05, 3.63) is 48.5 Å². The average Bonchev–Trinajstić information content (AvgIpc) is 2.61.